The Labute approximate surface area is 186 Å². The zero-order valence-electron chi connectivity index (χ0n) is 17.8. The van der Waals surface area contributed by atoms with Gasteiger partial charge in [-0.2, -0.15) is 18.2 Å². The van der Waals surface area contributed by atoms with Crippen LogP contribution < -0.4 is 10.2 Å². The highest BCUT2D eigenvalue weighted by Gasteiger charge is 2.40. The van der Waals surface area contributed by atoms with Crippen LogP contribution in [0.2, 0.25) is 0 Å². The van der Waals surface area contributed by atoms with Crippen molar-refractivity contribution in [1.29, 1.82) is 0 Å². The lowest BCUT2D eigenvalue weighted by Crippen LogP contribution is -2.45. The predicted molar refractivity (Wildman–Crippen MR) is 112 cm³/mol. The monoisotopic (exact) mass is 469 g/mol. The van der Waals surface area contributed by atoms with E-state index in [2.05, 4.69) is 25.3 Å². The zero-order chi connectivity index (χ0) is 23.9. The minimum absolute atomic E-state index is 0.0501. The van der Waals surface area contributed by atoms with Crippen LogP contribution in [0.5, 0.6) is 0 Å². The average molecular weight is 469 g/mol. The van der Waals surface area contributed by atoms with Gasteiger partial charge in [0.15, 0.2) is 0 Å². The van der Waals surface area contributed by atoms with E-state index in [-0.39, 0.29) is 41.6 Å². The van der Waals surface area contributed by atoms with Crippen molar-refractivity contribution >= 4 is 28.6 Å². The van der Waals surface area contributed by atoms with Crippen molar-refractivity contribution in [3.8, 4) is 0 Å². The molecule has 9 nitrogen and oxygen atoms in total. The number of imidazole rings is 1. The van der Waals surface area contributed by atoms with Gasteiger partial charge in [0.05, 0.1) is 24.4 Å². The minimum atomic E-state index is -4.55. The number of halogens is 4. The van der Waals surface area contributed by atoms with Gasteiger partial charge in [-0.1, -0.05) is 0 Å². The number of nitrogens with one attached hydrogen (secondary N) is 1. The van der Waals surface area contributed by atoms with Crippen LogP contribution in [-0.4, -0.2) is 66.3 Å². The van der Waals surface area contributed by atoms with Crippen LogP contribution in [0.15, 0.2) is 24.5 Å². The highest BCUT2D eigenvalue weighted by Crippen LogP contribution is 2.36. The second-order valence-corrected chi connectivity index (χ2v) is 7.98. The second kappa shape index (κ2) is 8.71. The van der Waals surface area contributed by atoms with E-state index in [9.17, 15) is 27.8 Å². The van der Waals surface area contributed by atoms with Crippen molar-refractivity contribution in [3.05, 3.63) is 30.4 Å². The van der Waals surface area contributed by atoms with E-state index in [0.29, 0.717) is 12.4 Å². The summed E-state index contributed by atoms with van der Waals surface area (Å²) in [7, 11) is 0. The van der Waals surface area contributed by atoms with Crippen LogP contribution in [0.4, 0.5) is 35.1 Å². The van der Waals surface area contributed by atoms with Gasteiger partial charge in [0, 0.05) is 18.8 Å². The average Bonchev–Trinajstić information content (AvgIpc) is 3.13. The summed E-state index contributed by atoms with van der Waals surface area (Å²) in [6.07, 6.45) is -5.19. The van der Waals surface area contributed by atoms with Crippen molar-refractivity contribution < 1.29 is 27.8 Å². The predicted octanol–water partition coefficient (Wildman–Crippen LogP) is 3.05. The van der Waals surface area contributed by atoms with Crippen LogP contribution in [0.25, 0.3) is 11.0 Å². The second-order valence-electron chi connectivity index (χ2n) is 7.98. The standard InChI is InChI=1S/C20H23F4N7O2/c1-10(32)18-27-13-8-26-17(7-14(13)31(18)11(2)20(22,23)24)28-16-3-5-25-19(29-16)30-6-4-15(33)12(21)9-30/h3,5,7-8,10-12,15,32-33H,4,6,9H2,1-2H3,(H,25,26,28,29)/t10-,11-,12-,15+/m1/s1. The third kappa shape index (κ3) is 4.69. The molecule has 0 aromatic carbocycles. The van der Waals surface area contributed by atoms with E-state index in [0.717, 1.165) is 11.5 Å². The summed E-state index contributed by atoms with van der Waals surface area (Å²) in [6, 6.07) is 1.02. The van der Waals surface area contributed by atoms with E-state index >= 15 is 0 Å². The molecule has 178 valence electrons. The first-order valence-electron chi connectivity index (χ1n) is 10.3. The number of nitrogens with zero attached hydrogens (tertiary/aromatic N) is 6. The maximum Gasteiger partial charge on any atom is 0.408 e. The molecule has 0 spiro atoms. The first-order chi connectivity index (χ1) is 15.5. The Morgan fingerprint density at radius 1 is 1.18 bits per heavy atom. The maximum atomic E-state index is 13.9. The Bertz CT molecular complexity index is 1140. The molecule has 0 aliphatic carbocycles. The first kappa shape index (κ1) is 23.1. The molecule has 13 heteroatoms. The molecule has 1 fully saturated rings. The van der Waals surface area contributed by atoms with Crippen molar-refractivity contribution in [1.82, 2.24) is 24.5 Å². The fourth-order valence-electron chi connectivity index (χ4n) is 3.71. The normalized spacial score (nSPS) is 21.3. The first-order valence-corrected chi connectivity index (χ1v) is 10.3. The Hall–Kier alpha value is -3.06. The van der Waals surface area contributed by atoms with Gasteiger partial charge in [-0.25, -0.2) is 19.3 Å². The van der Waals surface area contributed by atoms with Crippen molar-refractivity contribution in [2.24, 2.45) is 0 Å². The van der Waals surface area contributed by atoms with Crippen LogP contribution in [-0.2, 0) is 0 Å². The molecule has 33 heavy (non-hydrogen) atoms. The molecule has 0 saturated carbocycles. The molecule has 0 bridgehead atoms. The van der Waals surface area contributed by atoms with Gasteiger partial charge in [-0.15, -0.1) is 0 Å². The molecule has 1 saturated heterocycles. The third-order valence-electron chi connectivity index (χ3n) is 5.53. The number of hydrogen-bond donors (Lipinski definition) is 3. The number of pyridine rings is 1. The molecule has 0 radical (unpaired) electrons. The highest BCUT2D eigenvalue weighted by molar-refractivity contribution is 5.79. The van der Waals surface area contributed by atoms with Crippen LogP contribution in [0.1, 0.15) is 38.2 Å². The minimum Gasteiger partial charge on any atom is -0.390 e. The fourth-order valence-corrected chi connectivity index (χ4v) is 3.71. The number of rotatable bonds is 5. The lowest BCUT2D eigenvalue weighted by Gasteiger charge is -2.32. The number of aliphatic hydroxyl groups is 2. The summed E-state index contributed by atoms with van der Waals surface area (Å²) in [4.78, 5) is 18.4. The lowest BCUT2D eigenvalue weighted by molar-refractivity contribution is -0.163. The van der Waals surface area contributed by atoms with E-state index in [1.807, 2.05) is 0 Å². The summed E-state index contributed by atoms with van der Waals surface area (Å²) < 4.78 is 55.3. The van der Waals surface area contributed by atoms with Crippen molar-refractivity contribution in [2.75, 3.05) is 23.3 Å². The van der Waals surface area contributed by atoms with Gasteiger partial charge in [0.25, 0.3) is 0 Å². The molecular formula is C20H23F4N7O2. The molecule has 4 heterocycles. The molecule has 3 aromatic heterocycles. The Morgan fingerprint density at radius 3 is 2.61 bits per heavy atom. The number of piperidine rings is 1. The van der Waals surface area contributed by atoms with E-state index in [4.69, 9.17) is 0 Å². The fraction of sp³-hybridized carbons (Fsp3) is 0.500. The summed E-state index contributed by atoms with van der Waals surface area (Å²) in [5.41, 5.74) is 0.351. The van der Waals surface area contributed by atoms with Crippen LogP contribution in [0.3, 0.4) is 0 Å². The molecule has 3 aromatic rings. The number of alkyl halides is 4. The SMILES string of the molecule is C[C@@H](O)c1nc2cnc(Nc3ccnc(N4CC[C@H](O)[C@H](F)C4)n3)cc2n1[C@H](C)C(F)(F)F. The van der Waals surface area contributed by atoms with Crippen LogP contribution >= 0.6 is 0 Å². The molecule has 4 rings (SSSR count). The highest BCUT2D eigenvalue weighted by atomic mass is 19.4. The number of aromatic nitrogens is 5. The maximum absolute atomic E-state index is 13.9. The molecule has 3 N–H and O–H groups in total. The summed E-state index contributed by atoms with van der Waals surface area (Å²) in [6.45, 7) is 2.67. The number of aliphatic hydroxyl groups excluding tert-OH is 2. The smallest absolute Gasteiger partial charge is 0.390 e. The summed E-state index contributed by atoms with van der Waals surface area (Å²) in [5, 5.41) is 22.5. The van der Waals surface area contributed by atoms with E-state index in [1.165, 1.54) is 31.5 Å². The van der Waals surface area contributed by atoms with Crippen molar-refractivity contribution in [2.45, 2.75) is 50.9 Å². The number of hydrogen-bond acceptors (Lipinski definition) is 8. The Balaban J connectivity index is 1.65. The van der Waals surface area contributed by atoms with Gasteiger partial charge in [0.2, 0.25) is 5.95 Å². The summed E-state index contributed by atoms with van der Waals surface area (Å²) >= 11 is 0. The lowest BCUT2D eigenvalue weighted by atomic mass is 10.1. The van der Waals surface area contributed by atoms with E-state index in [1.54, 1.807) is 4.90 Å². The quantitative estimate of drug-likeness (QED) is 0.489. The van der Waals surface area contributed by atoms with Crippen molar-refractivity contribution in [3.63, 3.8) is 0 Å². The number of fused-ring (bicyclic) bond motifs is 1. The Kier molecular flexibility index (Phi) is 6.10. The molecule has 1 aliphatic rings. The number of anilines is 3. The topological polar surface area (TPSA) is 112 Å². The molecule has 4 atom stereocenters. The van der Waals surface area contributed by atoms with Gasteiger partial charge < -0.3 is 25.0 Å². The van der Waals surface area contributed by atoms with Gasteiger partial charge in [0.1, 0.15) is 41.3 Å². The largest absolute Gasteiger partial charge is 0.408 e. The molecular weight excluding hydrogens is 446 g/mol. The summed E-state index contributed by atoms with van der Waals surface area (Å²) in [5.74, 6) is 0.644. The molecule has 1 aliphatic heterocycles. The zero-order valence-corrected chi connectivity index (χ0v) is 17.8. The van der Waals surface area contributed by atoms with Gasteiger partial charge in [-0.3, -0.25) is 0 Å². The molecule has 0 unspecified atom stereocenters. The third-order valence-corrected chi connectivity index (χ3v) is 5.53. The van der Waals surface area contributed by atoms with Crippen LogP contribution in [0, 0.1) is 0 Å². The van der Waals surface area contributed by atoms with Gasteiger partial charge >= 0.3 is 6.18 Å². The van der Waals surface area contributed by atoms with E-state index < -0.39 is 30.6 Å². The van der Waals surface area contributed by atoms with Gasteiger partial charge in [-0.05, 0) is 26.3 Å². The molecule has 0 amide bonds. The Morgan fingerprint density at radius 2 is 1.94 bits per heavy atom.